The first-order valence-electron chi connectivity index (χ1n) is 7.24. The summed E-state index contributed by atoms with van der Waals surface area (Å²) >= 11 is 0. The van der Waals surface area contributed by atoms with E-state index in [-0.39, 0.29) is 12.5 Å². The van der Waals surface area contributed by atoms with Crippen LogP contribution in [0.5, 0.6) is 0 Å². The molecule has 6 nitrogen and oxygen atoms in total. The van der Waals surface area contributed by atoms with E-state index in [9.17, 15) is 15.0 Å². The van der Waals surface area contributed by atoms with E-state index in [0.717, 1.165) is 31.9 Å². The average Bonchev–Trinajstić information content (AvgIpc) is 2.52. The Morgan fingerprint density at radius 3 is 2.76 bits per heavy atom. The lowest BCUT2D eigenvalue weighted by atomic mass is 10.0. The van der Waals surface area contributed by atoms with Crippen molar-refractivity contribution in [1.29, 1.82) is 0 Å². The summed E-state index contributed by atoms with van der Waals surface area (Å²) in [6, 6.07) is 7.56. The Labute approximate surface area is 124 Å². The Balaban J connectivity index is 2.03. The lowest BCUT2D eigenvalue weighted by Crippen LogP contribution is -2.43. The van der Waals surface area contributed by atoms with Gasteiger partial charge in [0.15, 0.2) is 0 Å². The molecule has 1 aliphatic rings. The molecule has 4 N–H and O–H groups in total. The van der Waals surface area contributed by atoms with Gasteiger partial charge in [0.25, 0.3) is 0 Å². The number of hydrogen-bond acceptors (Lipinski definition) is 5. The van der Waals surface area contributed by atoms with Crippen molar-refractivity contribution in [1.82, 2.24) is 10.6 Å². The number of carbonyl (C=O) groups is 1. The Morgan fingerprint density at radius 1 is 1.38 bits per heavy atom. The van der Waals surface area contributed by atoms with E-state index >= 15 is 0 Å². The average molecular weight is 293 g/mol. The number of anilines is 1. The topological polar surface area (TPSA) is 84.8 Å². The molecular weight excluding hydrogens is 270 g/mol. The summed E-state index contributed by atoms with van der Waals surface area (Å²) in [5, 5.41) is 25.9. The van der Waals surface area contributed by atoms with Gasteiger partial charge in [-0.3, -0.25) is 4.79 Å². The monoisotopic (exact) mass is 293 g/mol. The number of nitrogens with one attached hydrogen (secondary N) is 2. The second-order valence-electron chi connectivity index (χ2n) is 5.28. The van der Waals surface area contributed by atoms with Crippen LogP contribution in [-0.4, -0.2) is 54.9 Å². The Morgan fingerprint density at radius 2 is 2.10 bits per heavy atom. The van der Waals surface area contributed by atoms with Crippen molar-refractivity contribution in [2.45, 2.75) is 19.1 Å². The van der Waals surface area contributed by atoms with Crippen molar-refractivity contribution in [2.24, 2.45) is 0 Å². The van der Waals surface area contributed by atoms with Gasteiger partial charge in [0.05, 0.1) is 0 Å². The van der Waals surface area contributed by atoms with Gasteiger partial charge in [-0.2, -0.15) is 0 Å². The van der Waals surface area contributed by atoms with Gasteiger partial charge in [-0.05, 0) is 17.7 Å². The van der Waals surface area contributed by atoms with Gasteiger partial charge >= 0.3 is 0 Å². The fraction of sp³-hybridized carbons (Fsp3) is 0.533. The van der Waals surface area contributed by atoms with Crippen LogP contribution >= 0.6 is 0 Å². The minimum absolute atomic E-state index is 0.0361. The first kappa shape index (κ1) is 15.8. The van der Waals surface area contributed by atoms with Gasteiger partial charge in [0, 0.05) is 45.3 Å². The number of nitrogens with zero attached hydrogens (tertiary/aromatic N) is 1. The van der Waals surface area contributed by atoms with Crippen LogP contribution in [0.1, 0.15) is 18.6 Å². The second-order valence-corrected chi connectivity index (χ2v) is 5.28. The van der Waals surface area contributed by atoms with Crippen LogP contribution in [0.25, 0.3) is 0 Å². The zero-order chi connectivity index (χ0) is 15.2. The van der Waals surface area contributed by atoms with Crippen LogP contribution in [0.3, 0.4) is 0 Å². The summed E-state index contributed by atoms with van der Waals surface area (Å²) in [4.78, 5) is 13.1. The Bertz CT molecular complexity index is 475. The van der Waals surface area contributed by atoms with Gasteiger partial charge < -0.3 is 25.7 Å². The third-order valence-corrected chi connectivity index (χ3v) is 3.62. The number of rotatable bonds is 5. The summed E-state index contributed by atoms with van der Waals surface area (Å²) in [5.74, 6) is -0.226. The van der Waals surface area contributed by atoms with Crippen molar-refractivity contribution in [3.05, 3.63) is 29.8 Å². The van der Waals surface area contributed by atoms with Crippen LogP contribution in [-0.2, 0) is 4.79 Å². The molecule has 21 heavy (non-hydrogen) atoms. The zero-order valence-corrected chi connectivity index (χ0v) is 12.2. The predicted molar refractivity (Wildman–Crippen MR) is 81.2 cm³/mol. The highest BCUT2D eigenvalue weighted by Crippen LogP contribution is 2.23. The molecule has 0 radical (unpaired) electrons. The molecule has 116 valence electrons. The fourth-order valence-corrected chi connectivity index (χ4v) is 2.41. The molecular formula is C15H23N3O3. The maximum absolute atomic E-state index is 10.9. The van der Waals surface area contributed by atoms with Crippen LogP contribution < -0.4 is 15.5 Å². The predicted octanol–water partition coefficient (Wildman–Crippen LogP) is -0.373. The largest absolute Gasteiger partial charge is 0.388 e. The van der Waals surface area contributed by atoms with Gasteiger partial charge in [-0.15, -0.1) is 0 Å². The van der Waals surface area contributed by atoms with E-state index in [1.54, 1.807) is 6.07 Å². The maximum Gasteiger partial charge on any atom is 0.216 e. The quantitative estimate of drug-likeness (QED) is 0.595. The molecule has 1 amide bonds. The van der Waals surface area contributed by atoms with Gasteiger partial charge in [-0.25, -0.2) is 0 Å². The molecule has 0 saturated carbocycles. The molecule has 1 aromatic carbocycles. The molecule has 1 saturated heterocycles. The van der Waals surface area contributed by atoms with Gasteiger partial charge in [0.2, 0.25) is 5.91 Å². The van der Waals surface area contributed by atoms with E-state index in [1.165, 1.54) is 6.92 Å². The molecule has 2 unspecified atom stereocenters. The molecule has 0 spiro atoms. The van der Waals surface area contributed by atoms with E-state index in [1.807, 2.05) is 18.2 Å². The Hall–Kier alpha value is -1.63. The van der Waals surface area contributed by atoms with Crippen LogP contribution in [0.4, 0.5) is 5.69 Å². The smallest absolute Gasteiger partial charge is 0.216 e. The third kappa shape index (κ3) is 4.42. The number of piperazine rings is 1. The molecule has 0 aromatic heterocycles. The highest BCUT2D eigenvalue weighted by molar-refractivity contribution is 5.72. The van der Waals surface area contributed by atoms with Gasteiger partial charge in [-0.1, -0.05) is 12.1 Å². The molecule has 1 heterocycles. The molecule has 1 fully saturated rings. The summed E-state index contributed by atoms with van der Waals surface area (Å²) in [6.45, 7) is 5.15. The molecule has 2 atom stereocenters. The van der Waals surface area contributed by atoms with Crippen LogP contribution in [0.15, 0.2) is 24.3 Å². The lowest BCUT2D eigenvalue weighted by molar-refractivity contribution is -0.119. The molecule has 2 rings (SSSR count). The van der Waals surface area contributed by atoms with Crippen molar-refractivity contribution in [2.75, 3.05) is 37.6 Å². The number of aliphatic hydroxyl groups is 2. The minimum Gasteiger partial charge on any atom is -0.388 e. The van der Waals surface area contributed by atoms with E-state index < -0.39 is 12.2 Å². The molecule has 6 heteroatoms. The number of carbonyl (C=O) groups excluding carboxylic acids is 1. The first-order chi connectivity index (χ1) is 10.1. The van der Waals surface area contributed by atoms with Crippen molar-refractivity contribution < 1.29 is 15.0 Å². The standard InChI is InChI=1S/C15H23N3O3/c1-11(19)17-10-14(20)15(21)12-3-2-4-13(9-12)18-7-5-16-6-8-18/h2-4,9,14-16,20-21H,5-8,10H2,1H3,(H,17,19). The molecule has 0 bridgehead atoms. The fourth-order valence-electron chi connectivity index (χ4n) is 2.41. The minimum atomic E-state index is -1.02. The van der Waals surface area contributed by atoms with E-state index in [0.29, 0.717) is 5.56 Å². The van der Waals surface area contributed by atoms with E-state index in [4.69, 9.17) is 0 Å². The molecule has 1 aliphatic heterocycles. The zero-order valence-electron chi connectivity index (χ0n) is 12.2. The number of hydrogen-bond donors (Lipinski definition) is 4. The summed E-state index contributed by atoms with van der Waals surface area (Å²) < 4.78 is 0. The number of aliphatic hydroxyl groups excluding tert-OH is 2. The lowest BCUT2D eigenvalue weighted by Gasteiger charge is -2.30. The normalized spacial score (nSPS) is 18.1. The van der Waals surface area contributed by atoms with Crippen molar-refractivity contribution in [3.63, 3.8) is 0 Å². The van der Waals surface area contributed by atoms with Crippen molar-refractivity contribution in [3.8, 4) is 0 Å². The highest BCUT2D eigenvalue weighted by Gasteiger charge is 2.20. The SMILES string of the molecule is CC(=O)NCC(O)C(O)c1cccc(N2CCNCC2)c1. The summed E-state index contributed by atoms with van der Waals surface area (Å²) in [5.41, 5.74) is 1.70. The van der Waals surface area contributed by atoms with E-state index in [2.05, 4.69) is 15.5 Å². The highest BCUT2D eigenvalue weighted by atomic mass is 16.3. The van der Waals surface area contributed by atoms with Crippen LogP contribution in [0.2, 0.25) is 0 Å². The maximum atomic E-state index is 10.9. The van der Waals surface area contributed by atoms with Gasteiger partial charge in [0.1, 0.15) is 12.2 Å². The molecule has 1 aromatic rings. The van der Waals surface area contributed by atoms with Crippen LogP contribution in [0, 0.1) is 0 Å². The number of benzene rings is 1. The molecule has 0 aliphatic carbocycles. The Kier molecular flexibility index (Phi) is 5.55. The summed E-state index contributed by atoms with van der Waals surface area (Å²) in [7, 11) is 0. The van der Waals surface area contributed by atoms with Crippen molar-refractivity contribution >= 4 is 11.6 Å². The number of amides is 1. The first-order valence-corrected chi connectivity index (χ1v) is 7.24. The third-order valence-electron chi connectivity index (χ3n) is 3.62. The summed E-state index contributed by atoms with van der Waals surface area (Å²) in [6.07, 6.45) is -2.04. The second kappa shape index (κ2) is 7.40.